The Labute approximate surface area is 132 Å². The first kappa shape index (κ1) is 17.0. The molecule has 0 amide bonds. The van der Waals surface area contributed by atoms with Crippen LogP contribution in [0.15, 0.2) is 54.6 Å². The zero-order valence-electron chi connectivity index (χ0n) is 12.5. The van der Waals surface area contributed by atoms with E-state index in [0.29, 0.717) is 11.1 Å². The average molecular weight is 319 g/mol. The molecule has 1 N–H and O–H groups in total. The Morgan fingerprint density at radius 3 is 1.96 bits per heavy atom. The van der Waals surface area contributed by atoms with E-state index in [9.17, 15) is 23.5 Å². The third kappa shape index (κ3) is 3.22. The van der Waals surface area contributed by atoms with Gasteiger partial charge in [0.1, 0.15) is 11.5 Å². The van der Waals surface area contributed by atoms with Crippen molar-refractivity contribution in [1.82, 2.24) is 0 Å². The molecular weight excluding hydrogens is 303 g/mol. The van der Waals surface area contributed by atoms with E-state index in [-0.39, 0.29) is 6.42 Å². The van der Waals surface area contributed by atoms with E-state index in [0.717, 1.165) is 12.1 Å². The van der Waals surface area contributed by atoms with Gasteiger partial charge in [0, 0.05) is 0 Å². The number of nitrogens with zero attached hydrogens (tertiary/aromatic N) is 1. The zero-order valence-corrected chi connectivity index (χ0v) is 12.5. The molecule has 0 aliphatic heterocycles. The van der Waals surface area contributed by atoms with Gasteiger partial charge in [-0.15, -0.1) is 0 Å². The maximum absolute atomic E-state index is 12.7. The SMILES string of the molecule is CC[C@](C#N)(c1ccc(C(F)(F)F)cc1)[C@@H](O)c1ccccc1. The van der Waals surface area contributed by atoms with Crippen LogP contribution in [0.25, 0.3) is 0 Å². The largest absolute Gasteiger partial charge is 0.416 e. The number of hydrogen-bond donors (Lipinski definition) is 1. The first-order valence-electron chi connectivity index (χ1n) is 7.17. The van der Waals surface area contributed by atoms with Crippen LogP contribution in [0.5, 0.6) is 0 Å². The number of nitriles is 1. The predicted octanol–water partition coefficient (Wildman–Crippen LogP) is 4.61. The number of hydrogen-bond acceptors (Lipinski definition) is 2. The zero-order chi connectivity index (χ0) is 17.1. The van der Waals surface area contributed by atoms with E-state index in [2.05, 4.69) is 6.07 Å². The Bertz CT molecular complexity index is 689. The van der Waals surface area contributed by atoms with Crippen molar-refractivity contribution in [3.8, 4) is 6.07 Å². The molecule has 0 bridgehead atoms. The number of aliphatic hydroxyl groups excluding tert-OH is 1. The van der Waals surface area contributed by atoms with Crippen molar-refractivity contribution < 1.29 is 18.3 Å². The van der Waals surface area contributed by atoms with Gasteiger partial charge in [0.05, 0.1) is 11.6 Å². The summed E-state index contributed by atoms with van der Waals surface area (Å²) >= 11 is 0. The molecular formula is C18H16F3NO. The van der Waals surface area contributed by atoms with Gasteiger partial charge in [0.25, 0.3) is 0 Å². The smallest absolute Gasteiger partial charge is 0.386 e. The third-order valence-corrected chi connectivity index (χ3v) is 4.07. The van der Waals surface area contributed by atoms with Gasteiger partial charge in [-0.3, -0.25) is 0 Å². The molecule has 2 aromatic carbocycles. The molecule has 0 unspecified atom stereocenters. The average Bonchev–Trinajstić information content (AvgIpc) is 2.57. The first-order chi connectivity index (χ1) is 10.8. The number of alkyl halides is 3. The minimum Gasteiger partial charge on any atom is -0.386 e. The first-order valence-corrected chi connectivity index (χ1v) is 7.17. The molecule has 0 heterocycles. The summed E-state index contributed by atoms with van der Waals surface area (Å²) in [5.41, 5.74) is -1.16. The summed E-state index contributed by atoms with van der Waals surface area (Å²) in [6.07, 6.45) is -5.29. The molecule has 0 aliphatic rings. The minimum atomic E-state index is -4.43. The highest BCUT2D eigenvalue weighted by Gasteiger charge is 2.40. The Hall–Kier alpha value is -2.32. The second kappa shape index (κ2) is 6.43. The van der Waals surface area contributed by atoms with Crippen molar-refractivity contribution in [3.63, 3.8) is 0 Å². The van der Waals surface area contributed by atoms with Crippen molar-refractivity contribution in [1.29, 1.82) is 5.26 Å². The van der Waals surface area contributed by atoms with Gasteiger partial charge in [-0.1, -0.05) is 49.4 Å². The molecule has 120 valence electrons. The van der Waals surface area contributed by atoms with Crippen LogP contribution in [0.4, 0.5) is 13.2 Å². The molecule has 0 aliphatic carbocycles. The molecule has 0 fully saturated rings. The number of benzene rings is 2. The van der Waals surface area contributed by atoms with Crippen molar-refractivity contribution in [2.24, 2.45) is 0 Å². The van der Waals surface area contributed by atoms with Crippen LogP contribution >= 0.6 is 0 Å². The highest BCUT2D eigenvalue weighted by atomic mass is 19.4. The fourth-order valence-electron chi connectivity index (χ4n) is 2.64. The second-order valence-corrected chi connectivity index (χ2v) is 5.33. The van der Waals surface area contributed by atoms with E-state index < -0.39 is 23.3 Å². The predicted molar refractivity (Wildman–Crippen MR) is 80.4 cm³/mol. The van der Waals surface area contributed by atoms with Gasteiger partial charge < -0.3 is 5.11 Å². The van der Waals surface area contributed by atoms with Crippen LogP contribution in [0.3, 0.4) is 0 Å². The molecule has 0 radical (unpaired) electrons. The molecule has 2 aromatic rings. The van der Waals surface area contributed by atoms with E-state index in [1.165, 1.54) is 12.1 Å². The topological polar surface area (TPSA) is 44.0 Å². The molecule has 2 atom stereocenters. The monoisotopic (exact) mass is 319 g/mol. The van der Waals surface area contributed by atoms with Crippen LogP contribution in [-0.2, 0) is 11.6 Å². The quantitative estimate of drug-likeness (QED) is 0.894. The molecule has 0 aromatic heterocycles. The molecule has 2 rings (SSSR count). The lowest BCUT2D eigenvalue weighted by atomic mass is 9.72. The van der Waals surface area contributed by atoms with Gasteiger partial charge >= 0.3 is 6.18 Å². The minimum absolute atomic E-state index is 0.269. The number of halogens is 3. The summed E-state index contributed by atoms with van der Waals surface area (Å²) in [5, 5.41) is 20.3. The molecule has 23 heavy (non-hydrogen) atoms. The van der Waals surface area contributed by atoms with Crippen LogP contribution in [0.1, 0.15) is 36.1 Å². The summed E-state index contributed by atoms with van der Waals surface area (Å²) in [6.45, 7) is 1.73. The van der Waals surface area contributed by atoms with Crippen molar-refractivity contribution in [2.45, 2.75) is 31.0 Å². The summed E-state index contributed by atoms with van der Waals surface area (Å²) in [7, 11) is 0. The molecule has 0 saturated carbocycles. The normalized spacial score (nSPS) is 15.5. The van der Waals surface area contributed by atoms with E-state index in [1.54, 1.807) is 37.3 Å². The maximum Gasteiger partial charge on any atom is 0.416 e. The van der Waals surface area contributed by atoms with Crippen molar-refractivity contribution >= 4 is 0 Å². The van der Waals surface area contributed by atoms with E-state index in [4.69, 9.17) is 0 Å². The standard InChI is InChI=1S/C18H16F3NO/c1-2-17(12-22,16(23)13-6-4-3-5-7-13)14-8-10-15(11-9-14)18(19,20)21/h3-11,16,23H,2H2,1H3/t16-,17-/m0/s1. The summed E-state index contributed by atoms with van der Waals surface area (Å²) in [6, 6.07) is 15.2. The van der Waals surface area contributed by atoms with Gasteiger partial charge in [0.2, 0.25) is 0 Å². The lowest BCUT2D eigenvalue weighted by Crippen LogP contribution is -2.31. The lowest BCUT2D eigenvalue weighted by Gasteiger charge is -2.31. The fourth-order valence-corrected chi connectivity index (χ4v) is 2.64. The van der Waals surface area contributed by atoms with Gasteiger partial charge in [-0.05, 0) is 29.7 Å². The summed E-state index contributed by atoms with van der Waals surface area (Å²) in [4.78, 5) is 0. The number of aliphatic hydroxyl groups is 1. The van der Waals surface area contributed by atoms with Gasteiger partial charge in [-0.2, -0.15) is 18.4 Å². The second-order valence-electron chi connectivity index (χ2n) is 5.33. The van der Waals surface area contributed by atoms with Crippen molar-refractivity contribution in [2.75, 3.05) is 0 Å². The Balaban J connectivity index is 2.47. The van der Waals surface area contributed by atoms with Crippen LogP contribution in [0, 0.1) is 11.3 Å². The Morgan fingerprint density at radius 1 is 1.00 bits per heavy atom. The third-order valence-electron chi connectivity index (χ3n) is 4.07. The Kier molecular flexibility index (Phi) is 4.76. The fraction of sp³-hybridized carbons (Fsp3) is 0.278. The van der Waals surface area contributed by atoms with Gasteiger partial charge in [0.15, 0.2) is 0 Å². The van der Waals surface area contributed by atoms with E-state index in [1.807, 2.05) is 0 Å². The molecule has 0 spiro atoms. The summed E-state index contributed by atoms with van der Waals surface area (Å²) < 4.78 is 38.1. The Morgan fingerprint density at radius 2 is 1.52 bits per heavy atom. The van der Waals surface area contributed by atoms with Crippen LogP contribution < -0.4 is 0 Å². The van der Waals surface area contributed by atoms with Crippen LogP contribution in [0.2, 0.25) is 0 Å². The van der Waals surface area contributed by atoms with Gasteiger partial charge in [-0.25, -0.2) is 0 Å². The van der Waals surface area contributed by atoms with Crippen LogP contribution in [-0.4, -0.2) is 5.11 Å². The maximum atomic E-state index is 12.7. The van der Waals surface area contributed by atoms with E-state index >= 15 is 0 Å². The summed E-state index contributed by atoms with van der Waals surface area (Å²) in [5.74, 6) is 0. The number of rotatable bonds is 4. The lowest BCUT2D eigenvalue weighted by molar-refractivity contribution is -0.137. The molecule has 5 heteroatoms. The molecule has 2 nitrogen and oxygen atoms in total. The highest BCUT2D eigenvalue weighted by molar-refractivity contribution is 5.39. The molecule has 0 saturated heterocycles. The highest BCUT2D eigenvalue weighted by Crippen LogP contribution is 2.41. The van der Waals surface area contributed by atoms with Crippen molar-refractivity contribution in [3.05, 3.63) is 71.3 Å².